The van der Waals surface area contributed by atoms with Crippen molar-refractivity contribution in [1.82, 2.24) is 9.97 Å². The second-order valence-corrected chi connectivity index (χ2v) is 6.37. The minimum Gasteiger partial charge on any atom is -0.398 e. The first kappa shape index (κ1) is 16.1. The van der Waals surface area contributed by atoms with Crippen LogP contribution >= 0.6 is 0 Å². The Morgan fingerprint density at radius 1 is 1.23 bits per heavy atom. The van der Waals surface area contributed by atoms with Gasteiger partial charge in [0.2, 0.25) is 0 Å². The molecule has 1 aliphatic heterocycles. The smallest absolute Gasteiger partial charge is 0.126 e. The van der Waals surface area contributed by atoms with Gasteiger partial charge in [-0.15, -0.1) is 0 Å². The lowest BCUT2D eigenvalue weighted by atomic mass is 10.0. The molecule has 130 valence electrons. The van der Waals surface area contributed by atoms with Crippen LogP contribution in [0, 0.1) is 5.41 Å². The third kappa shape index (κ3) is 2.86. The molecule has 0 fully saturated rings. The van der Waals surface area contributed by atoms with E-state index in [2.05, 4.69) is 20.9 Å². The summed E-state index contributed by atoms with van der Waals surface area (Å²) >= 11 is 0. The zero-order valence-corrected chi connectivity index (χ0v) is 14.3. The Morgan fingerprint density at radius 2 is 2.12 bits per heavy atom. The van der Waals surface area contributed by atoms with Gasteiger partial charge in [0.05, 0.1) is 11.2 Å². The molecule has 3 heterocycles. The number of fused-ring (bicyclic) bond motifs is 2. The van der Waals surface area contributed by atoms with E-state index in [0.29, 0.717) is 11.5 Å². The highest BCUT2D eigenvalue weighted by Gasteiger charge is 2.19. The molecule has 5 N–H and O–H groups in total. The maximum Gasteiger partial charge on any atom is 0.126 e. The van der Waals surface area contributed by atoms with Crippen molar-refractivity contribution in [3.8, 4) is 0 Å². The van der Waals surface area contributed by atoms with Crippen molar-refractivity contribution in [3.63, 3.8) is 0 Å². The van der Waals surface area contributed by atoms with Crippen LogP contribution in [0.1, 0.15) is 16.8 Å². The summed E-state index contributed by atoms with van der Waals surface area (Å²) in [5.74, 6) is 0.483. The van der Waals surface area contributed by atoms with Crippen molar-refractivity contribution in [2.75, 3.05) is 17.2 Å². The summed E-state index contributed by atoms with van der Waals surface area (Å²) in [6.07, 6.45) is 5.49. The van der Waals surface area contributed by atoms with Gasteiger partial charge in [0.25, 0.3) is 0 Å². The molecular weight excluding hydrogens is 324 g/mol. The van der Waals surface area contributed by atoms with Gasteiger partial charge in [-0.05, 0) is 29.3 Å². The lowest BCUT2D eigenvalue weighted by Gasteiger charge is -2.31. The fourth-order valence-corrected chi connectivity index (χ4v) is 3.43. The van der Waals surface area contributed by atoms with Gasteiger partial charge in [0.1, 0.15) is 5.82 Å². The molecule has 2 aromatic heterocycles. The minimum absolute atomic E-state index is 0.483. The lowest BCUT2D eigenvalue weighted by molar-refractivity contribution is 0.714. The van der Waals surface area contributed by atoms with Gasteiger partial charge in [-0.25, -0.2) is 4.98 Å². The molecule has 1 aliphatic rings. The molecule has 0 saturated heterocycles. The number of benzene rings is 1. The number of allylic oxidation sites excluding steroid dienone is 1. The molecule has 6 heteroatoms. The standard InChI is InChI=1S/C20H20N6/c21-7-5-16(22)13-3-4-15-18(10-13)25-20(23)11-19(15)26-9-6-17-14(12-26)2-1-8-24-17/h1-5,7-8,10-11,21H,6,9,12,22H2,(H2,23,25)/b16-5-,21-7?. The Hall–Kier alpha value is -3.41. The van der Waals surface area contributed by atoms with E-state index in [9.17, 15) is 0 Å². The van der Waals surface area contributed by atoms with Crippen molar-refractivity contribution in [2.45, 2.75) is 13.0 Å². The van der Waals surface area contributed by atoms with Crippen LogP contribution in [0.5, 0.6) is 0 Å². The van der Waals surface area contributed by atoms with E-state index < -0.39 is 0 Å². The van der Waals surface area contributed by atoms with Crippen molar-refractivity contribution < 1.29 is 0 Å². The third-order valence-electron chi connectivity index (χ3n) is 4.71. The van der Waals surface area contributed by atoms with E-state index in [-0.39, 0.29) is 0 Å². The molecule has 3 aromatic rings. The van der Waals surface area contributed by atoms with Crippen LogP contribution in [0.4, 0.5) is 11.5 Å². The summed E-state index contributed by atoms with van der Waals surface area (Å²) in [7, 11) is 0. The fraction of sp³-hybridized carbons (Fsp3) is 0.150. The third-order valence-corrected chi connectivity index (χ3v) is 4.71. The van der Waals surface area contributed by atoms with Gasteiger partial charge in [-0.2, -0.15) is 0 Å². The molecule has 26 heavy (non-hydrogen) atoms. The Bertz CT molecular complexity index is 1020. The van der Waals surface area contributed by atoms with Gasteiger partial charge in [0, 0.05) is 54.8 Å². The summed E-state index contributed by atoms with van der Waals surface area (Å²) in [4.78, 5) is 11.3. The second kappa shape index (κ2) is 6.48. The van der Waals surface area contributed by atoms with E-state index in [1.165, 1.54) is 17.5 Å². The molecule has 0 spiro atoms. The average molecular weight is 344 g/mol. The van der Waals surface area contributed by atoms with Crippen LogP contribution < -0.4 is 16.4 Å². The van der Waals surface area contributed by atoms with E-state index in [1.807, 2.05) is 36.5 Å². The van der Waals surface area contributed by atoms with Crippen LogP contribution in [0.3, 0.4) is 0 Å². The van der Waals surface area contributed by atoms with Crippen molar-refractivity contribution in [3.05, 3.63) is 65.5 Å². The highest BCUT2D eigenvalue weighted by Crippen LogP contribution is 2.32. The Balaban J connectivity index is 1.78. The predicted molar refractivity (Wildman–Crippen MR) is 106 cm³/mol. The zero-order valence-electron chi connectivity index (χ0n) is 14.3. The van der Waals surface area contributed by atoms with Crippen LogP contribution in [0.25, 0.3) is 16.6 Å². The molecule has 0 aliphatic carbocycles. The topological polar surface area (TPSA) is 105 Å². The summed E-state index contributed by atoms with van der Waals surface area (Å²) in [5.41, 5.74) is 17.7. The fourth-order valence-electron chi connectivity index (χ4n) is 3.43. The highest BCUT2D eigenvalue weighted by molar-refractivity contribution is 5.95. The van der Waals surface area contributed by atoms with E-state index in [1.54, 1.807) is 6.08 Å². The number of pyridine rings is 2. The summed E-state index contributed by atoms with van der Waals surface area (Å²) in [5, 5.41) is 8.22. The molecule has 0 atom stereocenters. The van der Waals surface area contributed by atoms with Gasteiger partial charge in [0.15, 0.2) is 0 Å². The van der Waals surface area contributed by atoms with Crippen LogP contribution in [0.15, 0.2) is 48.7 Å². The number of rotatable bonds is 3. The van der Waals surface area contributed by atoms with Crippen molar-refractivity contribution in [2.24, 2.45) is 5.73 Å². The first-order valence-corrected chi connectivity index (χ1v) is 8.50. The molecule has 0 amide bonds. The van der Waals surface area contributed by atoms with Crippen LogP contribution in [-0.4, -0.2) is 22.7 Å². The monoisotopic (exact) mass is 344 g/mol. The number of anilines is 2. The van der Waals surface area contributed by atoms with E-state index >= 15 is 0 Å². The molecule has 0 radical (unpaired) electrons. The summed E-state index contributed by atoms with van der Waals surface area (Å²) in [6.45, 7) is 1.69. The predicted octanol–water partition coefficient (Wildman–Crippen LogP) is 2.72. The van der Waals surface area contributed by atoms with E-state index in [0.717, 1.165) is 41.7 Å². The Morgan fingerprint density at radius 3 is 2.96 bits per heavy atom. The number of nitrogens with two attached hydrogens (primary N) is 2. The molecule has 4 rings (SSSR count). The number of nitrogens with one attached hydrogen (secondary N) is 1. The number of nitrogens with zero attached hydrogens (tertiary/aromatic N) is 3. The van der Waals surface area contributed by atoms with Gasteiger partial charge in [-0.3, -0.25) is 4.98 Å². The SMILES string of the molecule is N=C/C=C(\N)c1ccc2c(N3CCc4ncccc4C3)cc(N)nc2c1. The maximum absolute atomic E-state index is 7.18. The van der Waals surface area contributed by atoms with E-state index in [4.69, 9.17) is 16.9 Å². The zero-order chi connectivity index (χ0) is 18.1. The van der Waals surface area contributed by atoms with Crippen LogP contribution in [0.2, 0.25) is 0 Å². The molecular formula is C20H20N6. The molecule has 0 bridgehead atoms. The molecule has 0 unspecified atom stereocenters. The van der Waals surface area contributed by atoms with Crippen LogP contribution in [-0.2, 0) is 13.0 Å². The Kier molecular flexibility index (Phi) is 4.01. The molecule has 0 saturated carbocycles. The second-order valence-electron chi connectivity index (χ2n) is 6.37. The summed E-state index contributed by atoms with van der Waals surface area (Å²) < 4.78 is 0. The van der Waals surface area contributed by atoms with Crippen molar-refractivity contribution in [1.29, 1.82) is 5.41 Å². The number of hydrogen-bond donors (Lipinski definition) is 3. The van der Waals surface area contributed by atoms with Gasteiger partial charge in [-0.1, -0.05) is 18.2 Å². The quantitative estimate of drug-likeness (QED) is 0.634. The normalized spacial score (nSPS) is 14.3. The van der Waals surface area contributed by atoms with Crippen molar-refractivity contribution >= 4 is 34.3 Å². The van der Waals surface area contributed by atoms with Gasteiger partial charge >= 0.3 is 0 Å². The first-order valence-electron chi connectivity index (χ1n) is 8.50. The largest absolute Gasteiger partial charge is 0.398 e. The number of nitrogen functional groups attached to an aromatic ring is 1. The molecule has 6 nitrogen and oxygen atoms in total. The average Bonchev–Trinajstić information content (AvgIpc) is 2.66. The highest BCUT2D eigenvalue weighted by atomic mass is 15.1. The first-order chi connectivity index (χ1) is 12.7. The van der Waals surface area contributed by atoms with Gasteiger partial charge < -0.3 is 21.8 Å². The lowest BCUT2D eigenvalue weighted by Crippen LogP contribution is -2.31. The summed E-state index contributed by atoms with van der Waals surface area (Å²) in [6, 6.07) is 11.9. The molecule has 1 aromatic carbocycles. The minimum atomic E-state index is 0.483. The number of hydrogen-bond acceptors (Lipinski definition) is 6. The Labute approximate surface area is 151 Å². The number of aromatic nitrogens is 2. The maximum atomic E-state index is 7.18.